The first-order valence-electron chi connectivity index (χ1n) is 20.9. The van der Waals surface area contributed by atoms with E-state index in [1.807, 2.05) is 12.1 Å². The SMILES string of the molecule is c1ccc(-c2ccc(-c3nc(-c4ccc(-c5ccccc5)cc4)nc(-c4ccc5c(c4)oc4ccc(-n6c7cccc8c9ccccc9c9cccc6c9c87)cc45)n3)cc2)cc1. The Kier molecular flexibility index (Phi) is 7.54. The van der Waals surface area contributed by atoms with Gasteiger partial charge in [-0.05, 0) is 86.3 Å². The largest absolute Gasteiger partial charge is 0.456 e. The smallest absolute Gasteiger partial charge is 0.164 e. The Labute approximate surface area is 356 Å². The van der Waals surface area contributed by atoms with Crippen molar-refractivity contribution in [2.45, 2.75) is 0 Å². The Morgan fingerprint density at radius 2 is 0.742 bits per heavy atom. The summed E-state index contributed by atoms with van der Waals surface area (Å²) >= 11 is 0. The number of nitrogens with zero attached hydrogens (tertiary/aromatic N) is 4. The van der Waals surface area contributed by atoms with Gasteiger partial charge in [-0.15, -0.1) is 0 Å². The van der Waals surface area contributed by atoms with Crippen molar-refractivity contribution in [1.29, 1.82) is 0 Å². The van der Waals surface area contributed by atoms with Crippen molar-refractivity contribution in [3.8, 4) is 62.1 Å². The maximum absolute atomic E-state index is 6.61. The van der Waals surface area contributed by atoms with E-state index in [0.29, 0.717) is 17.5 Å². The summed E-state index contributed by atoms with van der Waals surface area (Å²) in [7, 11) is 0. The minimum Gasteiger partial charge on any atom is -0.456 e. The van der Waals surface area contributed by atoms with E-state index in [1.54, 1.807) is 0 Å². The molecule has 3 heterocycles. The highest BCUT2D eigenvalue weighted by molar-refractivity contribution is 6.34. The Morgan fingerprint density at radius 1 is 0.290 bits per heavy atom. The molecule has 62 heavy (non-hydrogen) atoms. The van der Waals surface area contributed by atoms with E-state index in [9.17, 15) is 0 Å². The van der Waals surface area contributed by atoms with Gasteiger partial charge in [-0.2, -0.15) is 0 Å². The van der Waals surface area contributed by atoms with Gasteiger partial charge in [0.2, 0.25) is 0 Å². The molecule has 0 saturated carbocycles. The lowest BCUT2D eigenvalue weighted by molar-refractivity contribution is 0.669. The average Bonchev–Trinajstić information content (AvgIpc) is 3.90. The molecule has 288 valence electrons. The molecule has 0 radical (unpaired) electrons. The lowest BCUT2D eigenvalue weighted by Gasteiger charge is -2.10. The molecule has 5 nitrogen and oxygen atoms in total. The standard InChI is InChI=1S/C57H34N4O/c1-3-11-35(12-4-1)37-21-25-39(26-22-37)55-58-56(40-27-23-38(24-28-40)36-13-5-2-6-14-36)60-57(59-55)41-29-31-45-48-34-42(30-32-51(48)62-52(45)33-41)61-49-19-9-17-46-43-15-7-8-16-44(43)47-18-10-20-50(61)54(47)53(46)49/h1-34H. The van der Waals surface area contributed by atoms with Crippen LogP contribution in [0.3, 0.4) is 0 Å². The zero-order valence-electron chi connectivity index (χ0n) is 33.3. The molecule has 13 aromatic rings. The van der Waals surface area contributed by atoms with Crippen LogP contribution in [0.15, 0.2) is 211 Å². The molecule has 10 aromatic carbocycles. The molecular weight excluding hydrogens is 757 g/mol. The maximum atomic E-state index is 6.61. The zero-order valence-corrected chi connectivity index (χ0v) is 33.3. The summed E-state index contributed by atoms with van der Waals surface area (Å²) in [5.41, 5.74) is 12.4. The molecule has 5 heteroatoms. The first kappa shape index (κ1) is 34.5. The second-order valence-electron chi connectivity index (χ2n) is 16.0. The number of hydrogen-bond donors (Lipinski definition) is 0. The van der Waals surface area contributed by atoms with Crippen molar-refractivity contribution in [1.82, 2.24) is 19.5 Å². The highest BCUT2D eigenvalue weighted by atomic mass is 16.3. The normalized spacial score (nSPS) is 11.9. The summed E-state index contributed by atoms with van der Waals surface area (Å²) in [5.74, 6) is 1.79. The molecule has 13 rings (SSSR count). The highest BCUT2D eigenvalue weighted by Crippen LogP contribution is 2.44. The summed E-state index contributed by atoms with van der Waals surface area (Å²) in [6, 6.07) is 72.6. The summed E-state index contributed by atoms with van der Waals surface area (Å²) in [6.45, 7) is 0. The number of fused-ring (bicyclic) bond motifs is 6. The predicted octanol–water partition coefficient (Wildman–Crippen LogP) is 14.9. The number of rotatable bonds is 6. The molecular formula is C57H34N4O. The van der Waals surface area contributed by atoms with Crippen LogP contribution in [0, 0.1) is 0 Å². The van der Waals surface area contributed by atoms with Gasteiger partial charge in [0.25, 0.3) is 0 Å². The Bertz CT molecular complexity index is 3640. The predicted molar refractivity (Wildman–Crippen MR) is 255 cm³/mol. The van der Waals surface area contributed by atoms with E-state index in [1.165, 1.54) is 43.4 Å². The molecule has 3 aromatic heterocycles. The van der Waals surface area contributed by atoms with Crippen LogP contribution in [0.5, 0.6) is 0 Å². The van der Waals surface area contributed by atoms with Gasteiger partial charge in [-0.25, -0.2) is 15.0 Å². The average molecular weight is 791 g/mol. The van der Waals surface area contributed by atoms with Gasteiger partial charge in [0.15, 0.2) is 17.5 Å². The van der Waals surface area contributed by atoms with E-state index in [0.717, 1.165) is 66.6 Å². The van der Waals surface area contributed by atoms with Crippen molar-refractivity contribution in [2.75, 3.05) is 0 Å². The second kappa shape index (κ2) is 13.6. The number of benzene rings is 10. The van der Waals surface area contributed by atoms with Crippen molar-refractivity contribution in [3.63, 3.8) is 0 Å². The van der Waals surface area contributed by atoms with Gasteiger partial charge in [0.1, 0.15) is 11.2 Å². The number of furan rings is 1. The summed E-state index contributed by atoms with van der Waals surface area (Å²) in [6.07, 6.45) is 0. The van der Waals surface area contributed by atoms with Crippen LogP contribution < -0.4 is 0 Å². The molecule has 0 amide bonds. The third kappa shape index (κ3) is 5.38. The van der Waals surface area contributed by atoms with Crippen LogP contribution in [0.2, 0.25) is 0 Å². The van der Waals surface area contributed by atoms with Crippen LogP contribution in [-0.4, -0.2) is 19.5 Å². The summed E-state index contributed by atoms with van der Waals surface area (Å²) in [4.78, 5) is 15.3. The Balaban J connectivity index is 0.934. The number of hydrogen-bond acceptors (Lipinski definition) is 4. The lowest BCUT2D eigenvalue weighted by Crippen LogP contribution is -2.00. The fourth-order valence-electron chi connectivity index (χ4n) is 9.48. The maximum Gasteiger partial charge on any atom is 0.164 e. The monoisotopic (exact) mass is 790 g/mol. The lowest BCUT2D eigenvalue weighted by atomic mass is 9.95. The van der Waals surface area contributed by atoms with Crippen LogP contribution >= 0.6 is 0 Å². The fourth-order valence-corrected chi connectivity index (χ4v) is 9.48. The molecule has 0 bridgehead atoms. The third-order valence-electron chi connectivity index (χ3n) is 12.4. The first-order chi connectivity index (χ1) is 30.7. The third-order valence-corrected chi connectivity index (χ3v) is 12.4. The molecule has 0 aliphatic rings. The molecule has 0 saturated heterocycles. The fraction of sp³-hybridized carbons (Fsp3) is 0. The van der Waals surface area contributed by atoms with Crippen LogP contribution in [0.4, 0.5) is 0 Å². The van der Waals surface area contributed by atoms with Gasteiger partial charge in [-0.3, -0.25) is 0 Å². The summed E-state index contributed by atoms with van der Waals surface area (Å²) in [5, 5.41) is 9.81. The highest BCUT2D eigenvalue weighted by Gasteiger charge is 2.21. The van der Waals surface area contributed by atoms with Gasteiger partial charge in [0.05, 0.1) is 11.0 Å². The molecule has 0 fully saturated rings. The Morgan fingerprint density at radius 3 is 1.29 bits per heavy atom. The quantitative estimate of drug-likeness (QED) is 0.157. The minimum atomic E-state index is 0.579. The molecule has 0 spiro atoms. The van der Waals surface area contributed by atoms with Crippen molar-refractivity contribution in [2.24, 2.45) is 0 Å². The molecule has 0 aliphatic carbocycles. The molecule has 0 aliphatic heterocycles. The minimum absolute atomic E-state index is 0.579. The molecule has 0 N–H and O–H groups in total. The van der Waals surface area contributed by atoms with Crippen molar-refractivity contribution < 1.29 is 4.42 Å². The van der Waals surface area contributed by atoms with E-state index in [-0.39, 0.29) is 0 Å². The van der Waals surface area contributed by atoms with E-state index >= 15 is 0 Å². The zero-order chi connectivity index (χ0) is 40.7. The van der Waals surface area contributed by atoms with Crippen molar-refractivity contribution >= 4 is 65.3 Å². The Hall–Kier alpha value is -8.41. The molecule has 0 atom stereocenters. The first-order valence-corrected chi connectivity index (χ1v) is 20.9. The second-order valence-corrected chi connectivity index (χ2v) is 16.0. The van der Waals surface area contributed by atoms with E-state index in [4.69, 9.17) is 19.4 Å². The van der Waals surface area contributed by atoms with E-state index < -0.39 is 0 Å². The van der Waals surface area contributed by atoms with Crippen LogP contribution in [0.1, 0.15) is 0 Å². The number of aromatic nitrogens is 4. The molecule has 0 unspecified atom stereocenters. The van der Waals surface area contributed by atoms with Crippen molar-refractivity contribution in [3.05, 3.63) is 206 Å². The summed E-state index contributed by atoms with van der Waals surface area (Å²) < 4.78 is 9.02. The van der Waals surface area contributed by atoms with Gasteiger partial charge >= 0.3 is 0 Å². The topological polar surface area (TPSA) is 56.7 Å². The van der Waals surface area contributed by atoms with Crippen LogP contribution in [0.25, 0.3) is 127 Å². The van der Waals surface area contributed by atoms with Gasteiger partial charge in [0, 0.05) is 43.9 Å². The van der Waals surface area contributed by atoms with Crippen LogP contribution in [-0.2, 0) is 0 Å². The van der Waals surface area contributed by atoms with Gasteiger partial charge < -0.3 is 8.98 Å². The van der Waals surface area contributed by atoms with E-state index in [2.05, 4.69) is 199 Å². The van der Waals surface area contributed by atoms with Gasteiger partial charge in [-0.1, -0.05) is 164 Å².